The lowest BCUT2D eigenvalue weighted by Crippen LogP contribution is -2.53. The standard InChI is InChI=1S/C24H29BrN2O3S/c1-22(2,3)30-21(29)26-24(31-23(4,5)6)18-13-12-17(25)14-19(18)27(20(24)28)15-16-10-8-7-9-11-16/h7-14H,15H2,1-6H3,(H,26,29)/t24-/m0/s1. The summed E-state index contributed by atoms with van der Waals surface area (Å²) in [7, 11) is 0. The molecular formula is C24H29BrN2O3S. The van der Waals surface area contributed by atoms with E-state index in [0.29, 0.717) is 6.54 Å². The molecule has 0 saturated heterocycles. The van der Waals surface area contributed by atoms with Gasteiger partial charge >= 0.3 is 6.09 Å². The number of amides is 2. The van der Waals surface area contributed by atoms with Crippen molar-refractivity contribution in [2.24, 2.45) is 0 Å². The Labute approximate surface area is 197 Å². The first-order chi connectivity index (χ1) is 14.3. The average Bonchev–Trinajstić information content (AvgIpc) is 2.81. The molecule has 0 bridgehead atoms. The average molecular weight is 505 g/mol. The third-order valence-electron chi connectivity index (χ3n) is 4.50. The zero-order chi connectivity index (χ0) is 23.0. The van der Waals surface area contributed by atoms with Crippen molar-refractivity contribution in [1.29, 1.82) is 0 Å². The molecule has 2 aromatic carbocycles. The maximum atomic E-state index is 14.0. The maximum Gasteiger partial charge on any atom is 0.409 e. The van der Waals surface area contributed by atoms with Crippen LogP contribution in [0.2, 0.25) is 0 Å². The van der Waals surface area contributed by atoms with Gasteiger partial charge in [0.1, 0.15) is 5.60 Å². The Morgan fingerprint density at radius 2 is 1.74 bits per heavy atom. The number of fused-ring (bicyclic) bond motifs is 1. The molecule has 1 atom stereocenters. The van der Waals surface area contributed by atoms with E-state index < -0.39 is 16.6 Å². The molecular weight excluding hydrogens is 476 g/mol. The van der Waals surface area contributed by atoms with E-state index >= 15 is 0 Å². The zero-order valence-electron chi connectivity index (χ0n) is 18.8. The summed E-state index contributed by atoms with van der Waals surface area (Å²) >= 11 is 4.95. The minimum atomic E-state index is -1.29. The van der Waals surface area contributed by atoms with Crippen LogP contribution in [0.15, 0.2) is 53.0 Å². The lowest BCUT2D eigenvalue weighted by atomic mass is 10.1. The van der Waals surface area contributed by atoms with Gasteiger partial charge in [0.15, 0.2) is 4.87 Å². The van der Waals surface area contributed by atoms with Gasteiger partial charge in [0.25, 0.3) is 5.91 Å². The summed E-state index contributed by atoms with van der Waals surface area (Å²) in [5.74, 6) is -0.185. The summed E-state index contributed by atoms with van der Waals surface area (Å²) in [6, 6.07) is 15.6. The highest BCUT2D eigenvalue weighted by atomic mass is 79.9. The van der Waals surface area contributed by atoms with Gasteiger partial charge in [-0.25, -0.2) is 4.79 Å². The Morgan fingerprint density at radius 3 is 2.32 bits per heavy atom. The Bertz CT molecular complexity index is 983. The molecule has 1 aliphatic heterocycles. The molecule has 0 fully saturated rings. The number of nitrogens with zero attached hydrogens (tertiary/aromatic N) is 1. The SMILES string of the molecule is CC(C)(C)OC(=O)N[C@@]1(SC(C)(C)C)C(=O)N(Cc2ccccc2)c2cc(Br)ccc21. The van der Waals surface area contributed by atoms with E-state index in [4.69, 9.17) is 4.74 Å². The van der Waals surface area contributed by atoms with Gasteiger partial charge in [-0.3, -0.25) is 10.1 Å². The quantitative estimate of drug-likeness (QED) is 0.503. The molecule has 166 valence electrons. The number of nitrogens with one attached hydrogen (secondary N) is 1. The van der Waals surface area contributed by atoms with Crippen LogP contribution in [0.3, 0.4) is 0 Å². The molecule has 5 nitrogen and oxygen atoms in total. The molecule has 2 amide bonds. The number of carbonyl (C=O) groups is 2. The summed E-state index contributed by atoms with van der Waals surface area (Å²) in [6.45, 7) is 11.9. The molecule has 7 heteroatoms. The summed E-state index contributed by atoms with van der Waals surface area (Å²) in [6.07, 6.45) is -0.618. The summed E-state index contributed by atoms with van der Waals surface area (Å²) in [5.41, 5.74) is 1.86. The fourth-order valence-electron chi connectivity index (χ4n) is 3.52. The number of benzene rings is 2. The second kappa shape index (κ2) is 8.51. The highest BCUT2D eigenvalue weighted by molar-refractivity contribution is 9.10. The number of carbonyl (C=O) groups excluding carboxylic acids is 2. The molecule has 1 aliphatic rings. The highest BCUT2D eigenvalue weighted by Gasteiger charge is 2.55. The third kappa shape index (κ3) is 5.44. The third-order valence-corrected chi connectivity index (χ3v) is 6.40. The smallest absolute Gasteiger partial charge is 0.409 e. The van der Waals surface area contributed by atoms with E-state index in [9.17, 15) is 9.59 Å². The van der Waals surface area contributed by atoms with Gasteiger partial charge in [-0.05, 0) is 38.5 Å². The van der Waals surface area contributed by atoms with Crippen LogP contribution in [-0.4, -0.2) is 22.3 Å². The fraction of sp³-hybridized carbons (Fsp3) is 0.417. The molecule has 3 rings (SSSR count). The van der Waals surface area contributed by atoms with Crippen LogP contribution in [0, 0.1) is 0 Å². The Hall–Kier alpha value is -1.99. The lowest BCUT2D eigenvalue weighted by molar-refractivity contribution is -0.121. The van der Waals surface area contributed by atoms with E-state index in [0.717, 1.165) is 21.3 Å². The molecule has 0 aromatic heterocycles. The molecule has 0 saturated carbocycles. The fourth-order valence-corrected chi connectivity index (χ4v) is 5.40. The topological polar surface area (TPSA) is 58.6 Å². The van der Waals surface area contributed by atoms with Crippen LogP contribution in [0.5, 0.6) is 0 Å². The molecule has 0 radical (unpaired) electrons. The Morgan fingerprint density at radius 1 is 1.10 bits per heavy atom. The predicted molar refractivity (Wildman–Crippen MR) is 130 cm³/mol. The molecule has 0 unspecified atom stereocenters. The van der Waals surface area contributed by atoms with Gasteiger partial charge in [0.05, 0.1) is 12.2 Å². The van der Waals surface area contributed by atoms with Gasteiger partial charge in [-0.1, -0.05) is 73.1 Å². The highest BCUT2D eigenvalue weighted by Crippen LogP contribution is 2.52. The van der Waals surface area contributed by atoms with Crippen molar-refractivity contribution in [1.82, 2.24) is 5.32 Å². The zero-order valence-corrected chi connectivity index (χ0v) is 21.2. The number of hydrogen-bond acceptors (Lipinski definition) is 4. The number of halogens is 1. The van der Waals surface area contributed by atoms with E-state index in [1.54, 1.807) is 25.7 Å². The Kier molecular flexibility index (Phi) is 6.50. The minimum absolute atomic E-state index is 0.185. The largest absolute Gasteiger partial charge is 0.444 e. The van der Waals surface area contributed by atoms with E-state index in [1.807, 2.05) is 69.3 Å². The van der Waals surface area contributed by atoms with E-state index in [2.05, 4.69) is 21.2 Å². The van der Waals surface area contributed by atoms with Crippen LogP contribution >= 0.6 is 27.7 Å². The summed E-state index contributed by atoms with van der Waals surface area (Å²) in [5, 5.41) is 2.94. The Balaban J connectivity index is 2.11. The number of alkyl carbamates (subject to hydrolysis) is 1. The van der Waals surface area contributed by atoms with Crippen molar-refractivity contribution in [3.8, 4) is 0 Å². The van der Waals surface area contributed by atoms with Gasteiger partial charge < -0.3 is 9.64 Å². The van der Waals surface area contributed by atoms with Gasteiger partial charge in [-0.2, -0.15) is 0 Å². The molecule has 1 N–H and O–H groups in total. The molecule has 2 aromatic rings. The maximum absolute atomic E-state index is 14.0. The number of anilines is 1. The summed E-state index contributed by atoms with van der Waals surface area (Å²) < 4.78 is 6.10. The number of rotatable bonds is 4. The van der Waals surface area contributed by atoms with Crippen molar-refractivity contribution in [3.63, 3.8) is 0 Å². The van der Waals surface area contributed by atoms with Crippen molar-refractivity contribution in [3.05, 3.63) is 64.1 Å². The normalized spacial score (nSPS) is 18.7. The van der Waals surface area contributed by atoms with Crippen LogP contribution in [0.25, 0.3) is 0 Å². The van der Waals surface area contributed by atoms with E-state index in [-0.39, 0.29) is 10.7 Å². The van der Waals surface area contributed by atoms with Gasteiger partial charge in [0, 0.05) is 14.8 Å². The van der Waals surface area contributed by atoms with Gasteiger partial charge in [-0.15, -0.1) is 11.8 Å². The van der Waals surface area contributed by atoms with Crippen molar-refractivity contribution in [2.45, 2.75) is 63.3 Å². The van der Waals surface area contributed by atoms with Crippen LogP contribution in [0.4, 0.5) is 10.5 Å². The van der Waals surface area contributed by atoms with Crippen molar-refractivity contribution >= 4 is 45.4 Å². The first-order valence-corrected chi connectivity index (χ1v) is 11.8. The van der Waals surface area contributed by atoms with Crippen LogP contribution in [-0.2, 0) is 20.9 Å². The van der Waals surface area contributed by atoms with Crippen molar-refractivity contribution in [2.75, 3.05) is 4.90 Å². The minimum Gasteiger partial charge on any atom is -0.444 e. The van der Waals surface area contributed by atoms with Crippen LogP contribution in [0.1, 0.15) is 52.7 Å². The number of hydrogen-bond donors (Lipinski definition) is 1. The first-order valence-electron chi connectivity index (χ1n) is 10.2. The number of thioether (sulfide) groups is 1. The molecule has 1 heterocycles. The van der Waals surface area contributed by atoms with Crippen molar-refractivity contribution < 1.29 is 14.3 Å². The molecule has 0 spiro atoms. The lowest BCUT2D eigenvalue weighted by Gasteiger charge is -2.35. The summed E-state index contributed by atoms with van der Waals surface area (Å²) in [4.78, 5) is 27.3. The van der Waals surface area contributed by atoms with Gasteiger partial charge in [0.2, 0.25) is 0 Å². The van der Waals surface area contributed by atoms with E-state index in [1.165, 1.54) is 11.8 Å². The molecule has 0 aliphatic carbocycles. The second-order valence-corrected chi connectivity index (χ2v) is 12.5. The van der Waals surface area contributed by atoms with Crippen LogP contribution < -0.4 is 10.2 Å². The predicted octanol–water partition coefficient (Wildman–Crippen LogP) is 6.21. The second-order valence-electron chi connectivity index (χ2n) is 9.56. The molecule has 31 heavy (non-hydrogen) atoms. The number of ether oxygens (including phenoxy) is 1. The monoisotopic (exact) mass is 504 g/mol. The first kappa shape index (κ1) is 23.7.